The lowest BCUT2D eigenvalue weighted by Gasteiger charge is -2.12. The van der Waals surface area contributed by atoms with Gasteiger partial charge in [0.15, 0.2) is 0 Å². The average Bonchev–Trinajstić information content (AvgIpc) is 2.06. The van der Waals surface area contributed by atoms with Crippen LogP contribution in [-0.4, -0.2) is 6.34 Å². The van der Waals surface area contributed by atoms with Gasteiger partial charge in [0, 0.05) is 16.3 Å². The van der Waals surface area contributed by atoms with E-state index in [1.165, 1.54) is 0 Å². The van der Waals surface area contributed by atoms with E-state index in [0.717, 1.165) is 16.3 Å². The summed E-state index contributed by atoms with van der Waals surface area (Å²) in [5, 5.41) is 3.81. The third-order valence-electron chi connectivity index (χ3n) is 1.68. The molecule has 0 saturated carbocycles. The number of aliphatic imine (C=N–C) groups is 1. The van der Waals surface area contributed by atoms with Gasteiger partial charge in [0.1, 0.15) is 0 Å². The Morgan fingerprint density at radius 1 is 1.45 bits per heavy atom. The Morgan fingerprint density at radius 2 is 2.36 bits per heavy atom. The molecular weight excluding hydrogens is 160 g/mol. The van der Waals surface area contributed by atoms with Gasteiger partial charge in [-0.25, -0.2) is 0 Å². The molecule has 0 radical (unpaired) electrons. The number of benzene rings is 1. The fourth-order valence-electron chi connectivity index (χ4n) is 1.11. The molecule has 2 nitrogen and oxygen atoms in total. The van der Waals surface area contributed by atoms with Crippen LogP contribution in [0.1, 0.15) is 5.56 Å². The van der Waals surface area contributed by atoms with Crippen LogP contribution >= 0.6 is 11.6 Å². The molecule has 0 aromatic heterocycles. The Hall–Kier alpha value is -1.02. The molecule has 1 aromatic rings. The van der Waals surface area contributed by atoms with Gasteiger partial charge in [-0.05, 0) is 12.1 Å². The molecule has 1 aliphatic rings. The van der Waals surface area contributed by atoms with E-state index in [2.05, 4.69) is 10.3 Å². The number of halogens is 1. The Balaban J connectivity index is 2.54. The van der Waals surface area contributed by atoms with Crippen LogP contribution in [0.25, 0.3) is 0 Å². The maximum Gasteiger partial charge on any atom is 0.0872 e. The summed E-state index contributed by atoms with van der Waals surface area (Å²) in [5.74, 6) is 0. The second-order valence-corrected chi connectivity index (χ2v) is 2.79. The molecule has 1 aliphatic heterocycles. The maximum absolute atomic E-state index is 5.93. The van der Waals surface area contributed by atoms with Gasteiger partial charge in [-0.2, -0.15) is 0 Å². The number of nitrogens with zero attached hydrogens (tertiary/aromatic N) is 1. The lowest BCUT2D eigenvalue weighted by atomic mass is 10.1. The molecule has 0 unspecified atom stereocenters. The zero-order chi connectivity index (χ0) is 7.68. The van der Waals surface area contributed by atoms with Crippen molar-refractivity contribution in [2.75, 3.05) is 5.32 Å². The van der Waals surface area contributed by atoms with Crippen molar-refractivity contribution in [3.63, 3.8) is 0 Å². The summed E-state index contributed by atoms with van der Waals surface area (Å²) in [6, 6.07) is 5.79. The van der Waals surface area contributed by atoms with Gasteiger partial charge < -0.3 is 5.32 Å². The molecule has 0 spiro atoms. The summed E-state index contributed by atoms with van der Waals surface area (Å²) < 4.78 is 0. The van der Waals surface area contributed by atoms with Crippen molar-refractivity contribution in [3.05, 3.63) is 28.8 Å². The van der Waals surface area contributed by atoms with E-state index in [0.29, 0.717) is 6.54 Å². The van der Waals surface area contributed by atoms with Crippen LogP contribution in [0.4, 0.5) is 5.69 Å². The number of hydrogen-bond donors (Lipinski definition) is 1. The Labute approximate surface area is 69.9 Å². The molecule has 1 aromatic carbocycles. The summed E-state index contributed by atoms with van der Waals surface area (Å²) in [4.78, 5) is 4.06. The van der Waals surface area contributed by atoms with E-state index in [4.69, 9.17) is 11.6 Å². The minimum Gasteiger partial charge on any atom is -0.346 e. The predicted octanol–water partition coefficient (Wildman–Crippen LogP) is 2.29. The van der Waals surface area contributed by atoms with E-state index in [-0.39, 0.29) is 0 Å². The molecule has 11 heavy (non-hydrogen) atoms. The molecule has 56 valence electrons. The highest BCUT2D eigenvalue weighted by atomic mass is 35.5. The molecule has 1 N–H and O–H groups in total. The third kappa shape index (κ3) is 1.10. The fourth-order valence-corrected chi connectivity index (χ4v) is 1.34. The summed E-state index contributed by atoms with van der Waals surface area (Å²) >= 11 is 5.93. The highest BCUT2D eigenvalue weighted by Gasteiger charge is 2.07. The van der Waals surface area contributed by atoms with Crippen LogP contribution < -0.4 is 5.32 Å². The van der Waals surface area contributed by atoms with Crippen LogP contribution in [0, 0.1) is 0 Å². The number of fused-ring (bicyclic) bond motifs is 1. The topological polar surface area (TPSA) is 24.4 Å². The first-order valence-electron chi connectivity index (χ1n) is 3.40. The van der Waals surface area contributed by atoms with Crippen LogP contribution in [-0.2, 0) is 6.54 Å². The molecule has 0 amide bonds. The molecule has 0 fully saturated rings. The first kappa shape index (κ1) is 6.68. The minimum absolute atomic E-state index is 0.683. The lowest BCUT2D eigenvalue weighted by molar-refractivity contribution is 1.06. The van der Waals surface area contributed by atoms with Crippen LogP contribution in [0.2, 0.25) is 5.02 Å². The van der Waals surface area contributed by atoms with E-state index in [1.807, 2.05) is 18.2 Å². The van der Waals surface area contributed by atoms with Gasteiger partial charge in [-0.15, -0.1) is 0 Å². The molecule has 2 rings (SSSR count). The van der Waals surface area contributed by atoms with Gasteiger partial charge in [0.05, 0.1) is 12.9 Å². The molecule has 1 heterocycles. The number of hydrogen-bond acceptors (Lipinski definition) is 2. The molecule has 0 saturated heterocycles. The summed E-state index contributed by atoms with van der Waals surface area (Å²) in [6.07, 6.45) is 1.69. The van der Waals surface area contributed by atoms with Gasteiger partial charge in [-0.3, -0.25) is 4.99 Å². The number of rotatable bonds is 0. The highest BCUT2D eigenvalue weighted by Crippen LogP contribution is 2.26. The van der Waals surface area contributed by atoms with Crippen molar-refractivity contribution in [2.24, 2.45) is 4.99 Å². The van der Waals surface area contributed by atoms with Crippen molar-refractivity contribution in [1.82, 2.24) is 0 Å². The molecule has 0 bridgehead atoms. The van der Waals surface area contributed by atoms with Gasteiger partial charge in [-0.1, -0.05) is 17.7 Å². The van der Waals surface area contributed by atoms with Crippen LogP contribution in [0.3, 0.4) is 0 Å². The van der Waals surface area contributed by atoms with Gasteiger partial charge >= 0.3 is 0 Å². The van der Waals surface area contributed by atoms with E-state index < -0.39 is 0 Å². The average molecular weight is 167 g/mol. The van der Waals surface area contributed by atoms with Crippen LogP contribution in [0.5, 0.6) is 0 Å². The zero-order valence-corrected chi connectivity index (χ0v) is 6.60. The number of anilines is 1. The normalized spacial score (nSPS) is 13.9. The standard InChI is InChI=1S/C8H7ClN2/c9-7-2-1-3-8-6(7)4-10-5-11-8/h1-3,5H,4H2,(H,10,11). The van der Waals surface area contributed by atoms with Crippen molar-refractivity contribution < 1.29 is 0 Å². The maximum atomic E-state index is 5.93. The Kier molecular flexibility index (Phi) is 1.55. The largest absolute Gasteiger partial charge is 0.346 e. The van der Waals surface area contributed by atoms with Gasteiger partial charge in [0.2, 0.25) is 0 Å². The number of nitrogens with one attached hydrogen (secondary N) is 1. The minimum atomic E-state index is 0.683. The lowest BCUT2D eigenvalue weighted by Crippen LogP contribution is -2.04. The molecule has 0 aliphatic carbocycles. The second-order valence-electron chi connectivity index (χ2n) is 2.38. The molecule has 0 atom stereocenters. The second kappa shape index (κ2) is 2.55. The first-order chi connectivity index (χ1) is 5.38. The highest BCUT2D eigenvalue weighted by molar-refractivity contribution is 6.31. The van der Waals surface area contributed by atoms with Crippen molar-refractivity contribution in [3.8, 4) is 0 Å². The Morgan fingerprint density at radius 3 is 3.18 bits per heavy atom. The van der Waals surface area contributed by atoms with E-state index >= 15 is 0 Å². The summed E-state index contributed by atoms with van der Waals surface area (Å²) in [7, 11) is 0. The van der Waals surface area contributed by atoms with Crippen molar-refractivity contribution >= 4 is 23.6 Å². The first-order valence-corrected chi connectivity index (χ1v) is 3.78. The van der Waals surface area contributed by atoms with E-state index in [9.17, 15) is 0 Å². The van der Waals surface area contributed by atoms with Crippen LogP contribution in [0.15, 0.2) is 23.2 Å². The summed E-state index contributed by atoms with van der Waals surface area (Å²) in [5.41, 5.74) is 2.14. The van der Waals surface area contributed by atoms with Gasteiger partial charge in [0.25, 0.3) is 0 Å². The quantitative estimate of drug-likeness (QED) is 0.629. The Bertz CT molecular complexity index is 307. The summed E-state index contributed by atoms with van der Waals surface area (Å²) in [6.45, 7) is 0.683. The SMILES string of the molecule is Clc1cccc2c1CN=CN2. The van der Waals surface area contributed by atoms with Crippen molar-refractivity contribution in [1.29, 1.82) is 0 Å². The molecule has 3 heteroatoms. The predicted molar refractivity (Wildman–Crippen MR) is 47.3 cm³/mol. The fraction of sp³-hybridized carbons (Fsp3) is 0.125. The smallest absolute Gasteiger partial charge is 0.0872 e. The van der Waals surface area contributed by atoms with Crippen molar-refractivity contribution in [2.45, 2.75) is 6.54 Å². The monoisotopic (exact) mass is 166 g/mol. The molecular formula is C8H7ClN2. The zero-order valence-electron chi connectivity index (χ0n) is 5.84. The third-order valence-corrected chi connectivity index (χ3v) is 2.03. The van der Waals surface area contributed by atoms with E-state index in [1.54, 1.807) is 6.34 Å².